The summed E-state index contributed by atoms with van der Waals surface area (Å²) < 4.78 is 16.5. The van der Waals surface area contributed by atoms with E-state index < -0.39 is 5.63 Å². The molecule has 2 aliphatic rings. The highest BCUT2D eigenvalue weighted by atomic mass is 16.6. The molecule has 1 aromatic heterocycles. The SMILES string of the molecule is O=C(N[C@H]1CCO[C@@]2(CCOC2)C1)c1cc2ccccc2c(=O)o1. The number of rotatable bonds is 2. The van der Waals surface area contributed by atoms with E-state index in [1.807, 2.05) is 6.07 Å². The quantitative estimate of drug-likeness (QED) is 0.910. The molecule has 0 bridgehead atoms. The number of benzene rings is 1. The number of amides is 1. The Labute approximate surface area is 138 Å². The molecule has 2 fully saturated rings. The number of fused-ring (bicyclic) bond motifs is 1. The molecular weight excluding hydrogens is 310 g/mol. The summed E-state index contributed by atoms with van der Waals surface area (Å²) >= 11 is 0. The fraction of sp³-hybridized carbons (Fsp3) is 0.444. The van der Waals surface area contributed by atoms with Crippen molar-refractivity contribution in [2.45, 2.75) is 30.9 Å². The van der Waals surface area contributed by atoms with Crippen LogP contribution in [0.4, 0.5) is 0 Å². The highest BCUT2D eigenvalue weighted by Gasteiger charge is 2.41. The number of ether oxygens (including phenoxy) is 2. The maximum absolute atomic E-state index is 12.5. The first-order valence-electron chi connectivity index (χ1n) is 8.21. The third-order valence-electron chi connectivity index (χ3n) is 4.79. The Balaban J connectivity index is 1.53. The Kier molecular flexibility index (Phi) is 3.86. The lowest BCUT2D eigenvalue weighted by molar-refractivity contribution is -0.0881. The van der Waals surface area contributed by atoms with E-state index >= 15 is 0 Å². The van der Waals surface area contributed by atoms with Crippen LogP contribution in [0.25, 0.3) is 10.8 Å². The summed E-state index contributed by atoms with van der Waals surface area (Å²) in [5.41, 5.74) is -0.772. The molecule has 1 N–H and O–H groups in total. The molecule has 2 saturated heterocycles. The summed E-state index contributed by atoms with van der Waals surface area (Å²) in [5, 5.41) is 4.15. The molecule has 126 valence electrons. The summed E-state index contributed by atoms with van der Waals surface area (Å²) in [6.07, 6.45) is 2.31. The van der Waals surface area contributed by atoms with Gasteiger partial charge in [0.25, 0.3) is 5.91 Å². The predicted octanol–water partition coefficient (Wildman–Crippen LogP) is 1.86. The number of hydrogen-bond donors (Lipinski definition) is 1. The third kappa shape index (κ3) is 2.83. The fourth-order valence-corrected chi connectivity index (χ4v) is 3.52. The minimum Gasteiger partial charge on any atom is -0.417 e. The number of hydrogen-bond acceptors (Lipinski definition) is 5. The third-order valence-corrected chi connectivity index (χ3v) is 4.79. The number of nitrogens with one attached hydrogen (secondary N) is 1. The average Bonchev–Trinajstić information content (AvgIpc) is 3.02. The van der Waals surface area contributed by atoms with Gasteiger partial charge in [-0.25, -0.2) is 4.79 Å². The van der Waals surface area contributed by atoms with Gasteiger partial charge in [0.1, 0.15) is 0 Å². The Bertz CT molecular complexity index is 822. The van der Waals surface area contributed by atoms with Crippen molar-refractivity contribution in [3.05, 3.63) is 46.5 Å². The topological polar surface area (TPSA) is 77.8 Å². The fourth-order valence-electron chi connectivity index (χ4n) is 3.52. The van der Waals surface area contributed by atoms with Crippen molar-refractivity contribution in [3.63, 3.8) is 0 Å². The molecule has 2 aromatic rings. The smallest absolute Gasteiger partial charge is 0.344 e. The van der Waals surface area contributed by atoms with Crippen molar-refractivity contribution in [1.82, 2.24) is 5.32 Å². The molecule has 0 aliphatic carbocycles. The predicted molar refractivity (Wildman–Crippen MR) is 87.1 cm³/mol. The van der Waals surface area contributed by atoms with E-state index in [0.29, 0.717) is 30.6 Å². The summed E-state index contributed by atoms with van der Waals surface area (Å²) in [4.78, 5) is 24.5. The molecular formula is C18H19NO5. The molecule has 2 atom stereocenters. The second-order valence-corrected chi connectivity index (χ2v) is 6.48. The van der Waals surface area contributed by atoms with Gasteiger partial charge in [-0.3, -0.25) is 4.79 Å². The minimum atomic E-state index is -0.495. The maximum atomic E-state index is 12.5. The summed E-state index contributed by atoms with van der Waals surface area (Å²) in [6.45, 7) is 1.86. The average molecular weight is 329 g/mol. The van der Waals surface area contributed by atoms with E-state index in [1.165, 1.54) is 0 Å². The molecule has 24 heavy (non-hydrogen) atoms. The minimum absolute atomic E-state index is 0.00952. The molecule has 6 heteroatoms. The summed E-state index contributed by atoms with van der Waals surface area (Å²) in [5.74, 6) is -0.319. The zero-order valence-corrected chi connectivity index (χ0v) is 13.2. The number of carbonyl (C=O) groups is 1. The first-order valence-corrected chi connectivity index (χ1v) is 8.21. The highest BCUT2D eigenvalue weighted by molar-refractivity contribution is 5.95. The zero-order valence-electron chi connectivity index (χ0n) is 13.2. The second-order valence-electron chi connectivity index (χ2n) is 6.48. The summed E-state index contributed by atoms with van der Waals surface area (Å²) in [7, 11) is 0. The molecule has 4 rings (SSSR count). The molecule has 1 aromatic carbocycles. The van der Waals surface area contributed by atoms with Gasteiger partial charge < -0.3 is 19.2 Å². The highest BCUT2D eigenvalue weighted by Crippen LogP contribution is 2.32. The van der Waals surface area contributed by atoms with Crippen LogP contribution in [0.5, 0.6) is 0 Å². The van der Waals surface area contributed by atoms with Crippen LogP contribution in [-0.4, -0.2) is 37.4 Å². The van der Waals surface area contributed by atoms with Crippen molar-refractivity contribution in [2.24, 2.45) is 0 Å². The van der Waals surface area contributed by atoms with E-state index in [4.69, 9.17) is 13.9 Å². The molecule has 6 nitrogen and oxygen atoms in total. The van der Waals surface area contributed by atoms with Gasteiger partial charge in [0.2, 0.25) is 0 Å². The van der Waals surface area contributed by atoms with Crippen LogP contribution in [0.3, 0.4) is 0 Å². The van der Waals surface area contributed by atoms with Gasteiger partial charge in [-0.05, 0) is 30.4 Å². The first-order chi connectivity index (χ1) is 11.7. The maximum Gasteiger partial charge on any atom is 0.344 e. The molecule has 0 radical (unpaired) electrons. The second kappa shape index (κ2) is 6.03. The van der Waals surface area contributed by atoms with Gasteiger partial charge in [-0.1, -0.05) is 18.2 Å². The molecule has 0 saturated carbocycles. The Morgan fingerprint density at radius 1 is 1.25 bits per heavy atom. The van der Waals surface area contributed by atoms with Crippen molar-refractivity contribution in [2.75, 3.05) is 19.8 Å². The Hall–Kier alpha value is -2.18. The van der Waals surface area contributed by atoms with Crippen LogP contribution < -0.4 is 10.9 Å². The summed E-state index contributed by atoms with van der Waals surface area (Å²) in [6, 6.07) is 8.67. The molecule has 1 spiro atoms. The van der Waals surface area contributed by atoms with E-state index in [0.717, 1.165) is 19.3 Å². The van der Waals surface area contributed by atoms with Crippen molar-refractivity contribution < 1.29 is 18.7 Å². The molecule has 1 amide bonds. The normalized spacial score (nSPS) is 26.8. The van der Waals surface area contributed by atoms with Crippen LogP contribution in [-0.2, 0) is 9.47 Å². The van der Waals surface area contributed by atoms with Crippen LogP contribution >= 0.6 is 0 Å². The Morgan fingerprint density at radius 3 is 2.96 bits per heavy atom. The van der Waals surface area contributed by atoms with Gasteiger partial charge >= 0.3 is 5.63 Å². The molecule has 0 unspecified atom stereocenters. The number of carbonyl (C=O) groups excluding carboxylic acids is 1. The standard InChI is InChI=1S/C18H19NO5/c20-16(15-9-12-3-1-2-4-14(12)17(21)24-15)19-13-5-7-23-18(10-13)6-8-22-11-18/h1-4,9,13H,5-8,10-11H2,(H,19,20)/t13-,18-/m0/s1. The lowest BCUT2D eigenvalue weighted by Gasteiger charge is -2.37. The van der Waals surface area contributed by atoms with Gasteiger partial charge in [0.05, 0.1) is 17.6 Å². The Morgan fingerprint density at radius 2 is 2.12 bits per heavy atom. The van der Waals surface area contributed by atoms with E-state index in [9.17, 15) is 9.59 Å². The van der Waals surface area contributed by atoms with Crippen LogP contribution in [0.1, 0.15) is 29.8 Å². The van der Waals surface area contributed by atoms with Crippen molar-refractivity contribution >= 4 is 16.7 Å². The van der Waals surface area contributed by atoms with E-state index in [-0.39, 0.29) is 23.3 Å². The molecule has 3 heterocycles. The van der Waals surface area contributed by atoms with E-state index in [1.54, 1.807) is 24.3 Å². The van der Waals surface area contributed by atoms with E-state index in [2.05, 4.69) is 5.32 Å². The van der Waals surface area contributed by atoms with Gasteiger partial charge in [0.15, 0.2) is 5.76 Å². The lowest BCUT2D eigenvalue weighted by atomic mass is 9.89. The van der Waals surface area contributed by atoms with Crippen molar-refractivity contribution in [3.8, 4) is 0 Å². The lowest BCUT2D eigenvalue weighted by Crippen LogP contribution is -2.49. The van der Waals surface area contributed by atoms with Crippen LogP contribution in [0.15, 0.2) is 39.5 Å². The van der Waals surface area contributed by atoms with Crippen LogP contribution in [0.2, 0.25) is 0 Å². The van der Waals surface area contributed by atoms with Gasteiger partial charge in [0, 0.05) is 25.7 Å². The van der Waals surface area contributed by atoms with Crippen LogP contribution in [0, 0.1) is 0 Å². The first kappa shape index (κ1) is 15.4. The van der Waals surface area contributed by atoms with Gasteiger partial charge in [-0.2, -0.15) is 0 Å². The monoisotopic (exact) mass is 329 g/mol. The largest absolute Gasteiger partial charge is 0.417 e. The molecule has 2 aliphatic heterocycles. The van der Waals surface area contributed by atoms with Gasteiger partial charge in [-0.15, -0.1) is 0 Å². The zero-order chi connectivity index (χ0) is 16.6. The van der Waals surface area contributed by atoms with Crippen molar-refractivity contribution in [1.29, 1.82) is 0 Å².